The summed E-state index contributed by atoms with van der Waals surface area (Å²) in [5, 5.41) is 6.24. The SMILES string of the molecule is CC(C)(C)C(=O)Nc1c2c(c(Br)c3c1OCC3)CCC2.CC(C)(C)C(=O)Nc1c2c(cc3c1OCC3)CCC2.Nc1c2c(c(Br)c3c1OCC3)CCC2.Nc1c2c(cc3c1OCC3)CCC2. The van der Waals surface area contributed by atoms with E-state index in [4.69, 9.17) is 30.4 Å². The highest BCUT2D eigenvalue weighted by Gasteiger charge is 2.33. The van der Waals surface area contributed by atoms with Crippen LogP contribution < -0.4 is 41.0 Å². The monoisotopic (exact) mass is 1020 g/mol. The van der Waals surface area contributed by atoms with Crippen LogP contribution in [0, 0.1) is 10.8 Å². The maximum absolute atomic E-state index is 12.3. The summed E-state index contributed by atoms with van der Waals surface area (Å²) in [6, 6.07) is 4.57. The molecular formula is C54H66Br2N4O6. The molecule has 0 radical (unpaired) electrons. The first-order valence-electron chi connectivity index (χ1n) is 24.2. The van der Waals surface area contributed by atoms with E-state index < -0.39 is 5.41 Å². The number of nitrogens with one attached hydrogen (secondary N) is 2. The van der Waals surface area contributed by atoms with Crippen molar-refractivity contribution in [1.82, 2.24) is 0 Å². The molecule has 0 atom stereocenters. The molecule has 4 heterocycles. The summed E-state index contributed by atoms with van der Waals surface area (Å²) < 4.78 is 25.1. The summed E-state index contributed by atoms with van der Waals surface area (Å²) in [6.07, 6.45) is 17.6. The minimum atomic E-state index is -0.399. The van der Waals surface area contributed by atoms with Gasteiger partial charge in [-0.3, -0.25) is 9.59 Å². The van der Waals surface area contributed by atoms with Gasteiger partial charge in [-0.1, -0.05) is 85.5 Å². The zero-order valence-electron chi connectivity index (χ0n) is 39.7. The van der Waals surface area contributed by atoms with E-state index in [2.05, 4.69) is 54.6 Å². The molecule has 0 saturated carbocycles. The molecule has 10 nitrogen and oxygen atoms in total. The van der Waals surface area contributed by atoms with Gasteiger partial charge in [0.1, 0.15) is 23.0 Å². The maximum Gasteiger partial charge on any atom is 0.229 e. The summed E-state index contributed by atoms with van der Waals surface area (Å²) in [7, 11) is 0. The molecular weight excluding hydrogens is 960 g/mol. The van der Waals surface area contributed by atoms with Crippen LogP contribution in [0.25, 0.3) is 0 Å². The number of amides is 2. The quantitative estimate of drug-likeness (QED) is 0.145. The van der Waals surface area contributed by atoms with Gasteiger partial charge < -0.3 is 41.0 Å². The van der Waals surface area contributed by atoms with E-state index in [0.717, 1.165) is 143 Å². The van der Waals surface area contributed by atoms with Gasteiger partial charge in [-0.05, 0) is 133 Å². The average molecular weight is 1030 g/mol. The Morgan fingerprint density at radius 1 is 0.439 bits per heavy atom. The number of hydrogen-bond acceptors (Lipinski definition) is 8. The molecule has 66 heavy (non-hydrogen) atoms. The third-order valence-corrected chi connectivity index (χ3v) is 16.2. The fraction of sp³-hybridized carbons (Fsp3) is 0.519. The van der Waals surface area contributed by atoms with Crippen LogP contribution in [0.5, 0.6) is 23.0 Å². The minimum Gasteiger partial charge on any atom is -0.491 e. The fourth-order valence-electron chi connectivity index (χ4n) is 10.7. The van der Waals surface area contributed by atoms with Crippen LogP contribution in [0.1, 0.15) is 134 Å². The number of rotatable bonds is 2. The minimum absolute atomic E-state index is 0.0478. The van der Waals surface area contributed by atoms with Crippen molar-refractivity contribution in [3.8, 4) is 23.0 Å². The van der Waals surface area contributed by atoms with Gasteiger partial charge >= 0.3 is 0 Å². The van der Waals surface area contributed by atoms with Crippen molar-refractivity contribution in [2.45, 2.75) is 144 Å². The molecule has 352 valence electrons. The van der Waals surface area contributed by atoms with E-state index in [-0.39, 0.29) is 17.2 Å². The number of nitrogens with two attached hydrogens (primary N) is 2. The van der Waals surface area contributed by atoms with Gasteiger partial charge in [-0.25, -0.2) is 0 Å². The molecule has 4 aromatic carbocycles. The molecule has 0 aromatic heterocycles. The molecule has 0 fully saturated rings. The van der Waals surface area contributed by atoms with Crippen LogP contribution in [-0.2, 0) is 86.6 Å². The van der Waals surface area contributed by atoms with Crippen LogP contribution in [0.3, 0.4) is 0 Å². The largest absolute Gasteiger partial charge is 0.491 e. The van der Waals surface area contributed by atoms with Crippen molar-refractivity contribution < 1.29 is 28.5 Å². The number of benzene rings is 4. The van der Waals surface area contributed by atoms with E-state index in [0.29, 0.717) is 6.61 Å². The van der Waals surface area contributed by atoms with Crippen molar-refractivity contribution in [1.29, 1.82) is 0 Å². The lowest BCUT2D eigenvalue weighted by atomic mass is 9.94. The van der Waals surface area contributed by atoms with Crippen molar-refractivity contribution in [2.24, 2.45) is 10.8 Å². The lowest BCUT2D eigenvalue weighted by molar-refractivity contribution is -0.123. The molecule has 6 N–H and O–H groups in total. The van der Waals surface area contributed by atoms with Gasteiger partial charge in [0.15, 0.2) is 0 Å². The molecule has 0 spiro atoms. The standard InChI is InChI=1S/C16H20BrNO2.C16H21NO2.C11H12BrNO.C11H13NO/c1-16(2,3)15(19)18-13-10-6-4-5-9(10)12(17)11-7-8-20-14(11)13;1-16(2,3)15(18)17-13-12-6-4-5-10(12)9-11-7-8-19-14(11)13;12-9-6-2-1-3-7(6)10(13)11-8(9)4-5-14-11;12-10-9-3-1-2-7(9)6-8-4-5-13-11(8)10/h4-8H2,1-3H3,(H,18,19);9H,4-8H2,1-3H3,(H,17,18);1-5,13H2;6H,1-5,12H2. The van der Waals surface area contributed by atoms with E-state index in [1.807, 2.05) is 41.5 Å². The summed E-state index contributed by atoms with van der Waals surface area (Å²) in [6.45, 7) is 14.6. The van der Waals surface area contributed by atoms with E-state index in [9.17, 15) is 9.59 Å². The highest BCUT2D eigenvalue weighted by atomic mass is 79.9. The number of aryl methyl sites for hydroxylation is 2. The van der Waals surface area contributed by atoms with Crippen molar-refractivity contribution >= 4 is 66.4 Å². The van der Waals surface area contributed by atoms with Crippen LogP contribution in [0.2, 0.25) is 0 Å². The number of ether oxygens (including phenoxy) is 4. The average Bonchev–Trinajstić information content (AvgIpc) is 4.13. The van der Waals surface area contributed by atoms with Crippen LogP contribution in [0.4, 0.5) is 22.7 Å². The molecule has 12 rings (SSSR count). The van der Waals surface area contributed by atoms with E-state index in [1.165, 1.54) is 101 Å². The summed E-state index contributed by atoms with van der Waals surface area (Å²) in [5.41, 5.74) is 31.0. The van der Waals surface area contributed by atoms with Crippen LogP contribution >= 0.6 is 31.9 Å². The number of carbonyl (C=O) groups excluding carboxylic acids is 2. The number of anilines is 4. The first-order chi connectivity index (χ1) is 31.5. The topological polar surface area (TPSA) is 147 Å². The van der Waals surface area contributed by atoms with Gasteiger partial charge in [-0.2, -0.15) is 0 Å². The molecule has 4 aromatic rings. The third kappa shape index (κ3) is 8.90. The molecule has 12 heteroatoms. The first kappa shape index (κ1) is 46.7. The second kappa shape index (κ2) is 18.6. The predicted molar refractivity (Wildman–Crippen MR) is 271 cm³/mol. The fourth-order valence-corrected chi connectivity index (χ4v) is 12.3. The Morgan fingerprint density at radius 3 is 1.44 bits per heavy atom. The molecule has 2 amide bonds. The zero-order valence-corrected chi connectivity index (χ0v) is 42.8. The highest BCUT2D eigenvalue weighted by Crippen LogP contribution is 2.49. The van der Waals surface area contributed by atoms with Crippen LogP contribution in [-0.4, -0.2) is 38.2 Å². The van der Waals surface area contributed by atoms with Gasteiger partial charge in [0.25, 0.3) is 0 Å². The van der Waals surface area contributed by atoms with Gasteiger partial charge in [-0.15, -0.1) is 0 Å². The Hall–Kier alpha value is -4.42. The smallest absolute Gasteiger partial charge is 0.229 e. The third-order valence-electron chi connectivity index (χ3n) is 14.3. The van der Waals surface area contributed by atoms with Crippen molar-refractivity contribution in [2.75, 3.05) is 48.5 Å². The Bertz CT molecular complexity index is 2450. The number of halogens is 2. The molecule has 0 saturated heterocycles. The molecule has 4 aliphatic carbocycles. The predicted octanol–water partition coefficient (Wildman–Crippen LogP) is 11.1. The molecule has 8 aliphatic rings. The normalized spacial score (nSPS) is 17.2. The Labute approximate surface area is 407 Å². The number of nitrogen functional groups attached to an aromatic ring is 2. The molecule has 0 bridgehead atoms. The summed E-state index contributed by atoms with van der Waals surface area (Å²) in [4.78, 5) is 24.6. The second-order valence-corrected chi connectivity index (χ2v) is 22.5. The summed E-state index contributed by atoms with van der Waals surface area (Å²) in [5.74, 6) is 3.82. The Kier molecular flexibility index (Phi) is 13.1. The Morgan fingerprint density at radius 2 is 0.833 bits per heavy atom. The Balaban J connectivity index is 0.000000112. The summed E-state index contributed by atoms with van der Waals surface area (Å²) >= 11 is 7.41. The van der Waals surface area contributed by atoms with Crippen molar-refractivity contribution in [3.63, 3.8) is 0 Å². The lowest BCUT2D eigenvalue weighted by Gasteiger charge is -2.22. The highest BCUT2D eigenvalue weighted by molar-refractivity contribution is 9.11. The lowest BCUT2D eigenvalue weighted by Crippen LogP contribution is -2.28. The van der Waals surface area contributed by atoms with E-state index in [1.54, 1.807) is 0 Å². The molecule has 4 aliphatic heterocycles. The van der Waals surface area contributed by atoms with E-state index >= 15 is 0 Å². The zero-order chi connectivity index (χ0) is 46.7. The van der Waals surface area contributed by atoms with Gasteiger partial charge in [0, 0.05) is 56.6 Å². The number of hydrogen-bond donors (Lipinski definition) is 4. The number of carbonyl (C=O) groups is 2. The molecule has 0 unspecified atom stereocenters. The van der Waals surface area contributed by atoms with Gasteiger partial charge in [0.05, 0.1) is 49.2 Å². The first-order valence-corrected chi connectivity index (χ1v) is 25.8. The number of fused-ring (bicyclic) bond motifs is 8. The van der Waals surface area contributed by atoms with Crippen molar-refractivity contribution in [3.05, 3.63) is 87.8 Å². The maximum atomic E-state index is 12.3. The second-order valence-electron chi connectivity index (χ2n) is 21.0. The van der Waals surface area contributed by atoms with Gasteiger partial charge in [0.2, 0.25) is 11.8 Å². The van der Waals surface area contributed by atoms with Crippen LogP contribution in [0.15, 0.2) is 21.1 Å².